The largest absolute Gasteiger partial charge is 0.337 e. The number of aryl methyl sites for hydroxylation is 1. The highest BCUT2D eigenvalue weighted by Gasteiger charge is 2.59. The van der Waals surface area contributed by atoms with Gasteiger partial charge in [-0.1, -0.05) is 6.07 Å². The number of likely N-dealkylation sites (N-methyl/N-ethyl adjacent to an activating group) is 1. The van der Waals surface area contributed by atoms with Crippen molar-refractivity contribution >= 4 is 17.6 Å². The molecule has 0 spiro atoms. The second kappa shape index (κ2) is 7.92. The zero-order valence-electron chi connectivity index (χ0n) is 17.9. The minimum Gasteiger partial charge on any atom is -0.337 e. The minimum absolute atomic E-state index is 0.0616. The van der Waals surface area contributed by atoms with E-state index in [-0.39, 0.29) is 37.4 Å². The van der Waals surface area contributed by atoms with E-state index >= 15 is 0 Å². The Kier molecular flexibility index (Phi) is 5.14. The molecule has 3 aromatic rings. The number of halogens is 4. The summed E-state index contributed by atoms with van der Waals surface area (Å²) in [6, 6.07) is 3.99. The number of fused-ring (bicyclic) bond motifs is 1. The lowest BCUT2D eigenvalue weighted by Crippen LogP contribution is -2.47. The van der Waals surface area contributed by atoms with Crippen LogP contribution in [0.5, 0.6) is 0 Å². The van der Waals surface area contributed by atoms with E-state index in [1.807, 2.05) is 0 Å². The number of nitrogens with one attached hydrogen (secondary N) is 1. The number of carbonyl (C=O) groups excluding carboxylic acids is 2. The summed E-state index contributed by atoms with van der Waals surface area (Å²) in [7, 11) is 1.49. The van der Waals surface area contributed by atoms with Gasteiger partial charge in [0.05, 0.1) is 18.2 Å². The Morgan fingerprint density at radius 1 is 1.21 bits per heavy atom. The fraction of sp³-hybridized carbons (Fsp3) is 0.381. The summed E-state index contributed by atoms with van der Waals surface area (Å²) < 4.78 is 56.1. The monoisotopic (exact) mass is 477 g/mol. The predicted octanol–water partition coefficient (Wildman–Crippen LogP) is 2.09. The van der Waals surface area contributed by atoms with Gasteiger partial charge in [0.1, 0.15) is 18.2 Å². The number of benzene rings is 1. The average Bonchev–Trinajstić information content (AvgIpc) is 3.14. The van der Waals surface area contributed by atoms with Crippen LogP contribution in [0, 0.1) is 11.6 Å². The van der Waals surface area contributed by atoms with Crippen molar-refractivity contribution < 1.29 is 27.2 Å². The molecular weight excluding hydrogens is 458 g/mol. The lowest BCUT2D eigenvalue weighted by molar-refractivity contribution is -0.120. The summed E-state index contributed by atoms with van der Waals surface area (Å²) in [5, 5.41) is 10.9. The molecule has 2 amide bonds. The fourth-order valence-electron chi connectivity index (χ4n) is 3.94. The van der Waals surface area contributed by atoms with Crippen LogP contribution in [0.3, 0.4) is 0 Å². The highest BCUT2D eigenvalue weighted by Crippen LogP contribution is 2.55. The lowest BCUT2D eigenvalue weighted by atomic mass is 10.2. The molecule has 3 heterocycles. The fourth-order valence-corrected chi connectivity index (χ4v) is 3.94. The molecule has 1 unspecified atom stereocenters. The van der Waals surface area contributed by atoms with Crippen LogP contribution in [-0.2, 0) is 17.9 Å². The molecule has 0 radical (unpaired) electrons. The van der Waals surface area contributed by atoms with Crippen LogP contribution < -0.4 is 10.2 Å². The van der Waals surface area contributed by atoms with Crippen molar-refractivity contribution in [3.8, 4) is 0 Å². The van der Waals surface area contributed by atoms with Crippen LogP contribution in [-0.4, -0.2) is 55.4 Å². The molecule has 13 heteroatoms. The number of anilines is 1. The number of carbonyl (C=O) groups is 2. The first kappa shape index (κ1) is 22.0. The molecule has 5 rings (SSSR count). The Hall–Kier alpha value is -3.77. The number of hydrogen-bond acceptors (Lipinski definition) is 5. The second-order valence-electron chi connectivity index (χ2n) is 8.39. The van der Waals surface area contributed by atoms with Gasteiger partial charge in [0.2, 0.25) is 5.82 Å². The van der Waals surface area contributed by atoms with Gasteiger partial charge in [-0.3, -0.25) is 14.5 Å². The molecule has 0 bridgehead atoms. The summed E-state index contributed by atoms with van der Waals surface area (Å²) in [5.74, 6) is -6.59. The van der Waals surface area contributed by atoms with Crippen molar-refractivity contribution in [1.82, 2.24) is 29.9 Å². The molecule has 9 nitrogen and oxygen atoms in total. The van der Waals surface area contributed by atoms with Crippen molar-refractivity contribution in [3.63, 3.8) is 0 Å². The SMILES string of the molecule is CN1C(=O)[C@@H](NC(=O)c2ncn(Cc3ccc(F)c(F)c3)n2)CCn2nc(C3CC3(F)F)cc21. The smallest absolute Gasteiger partial charge is 0.291 e. The van der Waals surface area contributed by atoms with Crippen LogP contribution >= 0.6 is 0 Å². The molecule has 1 N–H and O–H groups in total. The number of nitrogens with zero attached hydrogens (tertiary/aromatic N) is 6. The van der Waals surface area contributed by atoms with Gasteiger partial charge in [0, 0.05) is 26.1 Å². The Morgan fingerprint density at radius 3 is 2.68 bits per heavy atom. The van der Waals surface area contributed by atoms with Crippen molar-refractivity contribution in [2.24, 2.45) is 0 Å². The number of aromatic nitrogens is 5. The molecule has 2 aromatic heterocycles. The van der Waals surface area contributed by atoms with E-state index in [0.29, 0.717) is 11.4 Å². The van der Waals surface area contributed by atoms with Gasteiger partial charge in [-0.2, -0.15) is 5.10 Å². The van der Waals surface area contributed by atoms with E-state index in [0.717, 1.165) is 12.1 Å². The molecule has 0 saturated heterocycles. The van der Waals surface area contributed by atoms with E-state index < -0.39 is 41.3 Å². The topological polar surface area (TPSA) is 97.9 Å². The zero-order valence-corrected chi connectivity index (χ0v) is 17.9. The van der Waals surface area contributed by atoms with Gasteiger partial charge in [-0.25, -0.2) is 31.9 Å². The summed E-state index contributed by atoms with van der Waals surface area (Å²) in [4.78, 5) is 30.8. The van der Waals surface area contributed by atoms with E-state index in [2.05, 4.69) is 20.5 Å². The number of alkyl halides is 2. The van der Waals surface area contributed by atoms with E-state index in [4.69, 9.17) is 0 Å². The molecular formula is C21H19F4N7O2. The summed E-state index contributed by atoms with van der Waals surface area (Å²) in [6.07, 6.45) is 1.21. The first-order valence-electron chi connectivity index (χ1n) is 10.5. The lowest BCUT2D eigenvalue weighted by Gasteiger charge is -2.19. The van der Waals surface area contributed by atoms with Gasteiger partial charge in [0.15, 0.2) is 11.6 Å². The van der Waals surface area contributed by atoms with Crippen LogP contribution in [0.2, 0.25) is 0 Å². The van der Waals surface area contributed by atoms with Gasteiger partial charge in [-0.15, -0.1) is 5.10 Å². The first-order valence-corrected chi connectivity index (χ1v) is 10.5. The maximum atomic E-state index is 13.4. The third-order valence-corrected chi connectivity index (χ3v) is 5.94. The third kappa shape index (κ3) is 4.01. The quantitative estimate of drug-likeness (QED) is 0.568. The van der Waals surface area contributed by atoms with Gasteiger partial charge >= 0.3 is 0 Å². The Bertz CT molecular complexity index is 1290. The summed E-state index contributed by atoms with van der Waals surface area (Å²) in [5.41, 5.74) is 0.673. The zero-order chi connectivity index (χ0) is 24.2. The standard InChI is InChI=1S/C21H19F4N7O2/c1-30-17-7-16(12-8-21(12,24)25)28-32(17)5-4-15(20(30)34)27-19(33)18-26-10-31(29-18)9-11-2-3-13(22)14(23)6-11/h2-3,6-7,10,12,15H,4-5,8-9H2,1H3,(H,27,33)/t12?,15-/m0/s1. The van der Waals surface area contributed by atoms with Gasteiger partial charge in [-0.05, 0) is 24.1 Å². The second-order valence-corrected chi connectivity index (χ2v) is 8.39. The number of amides is 2. The molecule has 178 valence electrons. The predicted molar refractivity (Wildman–Crippen MR) is 109 cm³/mol. The average molecular weight is 477 g/mol. The van der Waals surface area contributed by atoms with E-state index in [1.165, 1.54) is 39.8 Å². The van der Waals surface area contributed by atoms with Crippen LogP contribution in [0.15, 0.2) is 30.6 Å². The number of hydrogen-bond donors (Lipinski definition) is 1. The van der Waals surface area contributed by atoms with Gasteiger partial charge < -0.3 is 5.32 Å². The molecule has 1 fully saturated rings. The first-order chi connectivity index (χ1) is 16.1. The molecule has 34 heavy (non-hydrogen) atoms. The highest BCUT2D eigenvalue weighted by atomic mass is 19.3. The van der Waals surface area contributed by atoms with Crippen molar-refractivity contribution in [2.45, 2.75) is 43.8 Å². The van der Waals surface area contributed by atoms with E-state index in [1.54, 1.807) is 0 Å². The van der Waals surface area contributed by atoms with Crippen LogP contribution in [0.25, 0.3) is 0 Å². The molecule has 2 aliphatic rings. The Balaban J connectivity index is 1.25. The van der Waals surface area contributed by atoms with Crippen LogP contribution in [0.1, 0.15) is 40.6 Å². The Morgan fingerprint density at radius 2 is 1.97 bits per heavy atom. The minimum atomic E-state index is -2.76. The third-order valence-electron chi connectivity index (χ3n) is 5.94. The highest BCUT2D eigenvalue weighted by molar-refractivity contribution is 6.00. The van der Waals surface area contributed by atoms with Crippen molar-refractivity contribution in [1.29, 1.82) is 0 Å². The molecule has 1 aromatic carbocycles. The maximum Gasteiger partial charge on any atom is 0.291 e. The van der Waals surface area contributed by atoms with E-state index in [9.17, 15) is 27.2 Å². The normalized spacial score (nSPS) is 21.2. The van der Waals surface area contributed by atoms with Crippen molar-refractivity contribution in [3.05, 3.63) is 59.3 Å². The van der Waals surface area contributed by atoms with Gasteiger partial charge in [0.25, 0.3) is 17.7 Å². The maximum absolute atomic E-state index is 13.4. The van der Waals surface area contributed by atoms with Crippen molar-refractivity contribution in [2.75, 3.05) is 11.9 Å². The Labute approximate surface area is 190 Å². The summed E-state index contributed by atoms with van der Waals surface area (Å²) in [6.45, 7) is 0.304. The van der Waals surface area contributed by atoms with Crippen LogP contribution in [0.4, 0.5) is 23.4 Å². The summed E-state index contributed by atoms with van der Waals surface area (Å²) >= 11 is 0. The molecule has 1 saturated carbocycles. The number of rotatable bonds is 5. The molecule has 2 atom stereocenters. The molecule has 1 aliphatic carbocycles. The molecule has 1 aliphatic heterocycles.